The van der Waals surface area contributed by atoms with Gasteiger partial charge in [0.15, 0.2) is 5.05 Å². The van der Waals surface area contributed by atoms with Crippen molar-refractivity contribution < 1.29 is 4.74 Å². The summed E-state index contributed by atoms with van der Waals surface area (Å²) in [6, 6.07) is 0. The van der Waals surface area contributed by atoms with Gasteiger partial charge in [-0.25, -0.2) is 0 Å². The second-order valence-electron chi connectivity index (χ2n) is 5.61. The van der Waals surface area contributed by atoms with Crippen molar-refractivity contribution in [3.05, 3.63) is 12.7 Å². The quantitative estimate of drug-likeness (QED) is 0.244. The van der Waals surface area contributed by atoms with E-state index in [9.17, 15) is 0 Å². The van der Waals surface area contributed by atoms with E-state index in [2.05, 4.69) is 27.4 Å². The number of rotatable bonds is 12. The molecule has 0 aliphatic heterocycles. The van der Waals surface area contributed by atoms with Crippen LogP contribution in [0.5, 0.6) is 0 Å². The van der Waals surface area contributed by atoms with Gasteiger partial charge in [0, 0.05) is 5.92 Å². The van der Waals surface area contributed by atoms with Crippen LogP contribution in [0, 0.1) is 5.92 Å². The maximum Gasteiger partial charge on any atom is 0.162 e. The number of unbranched alkanes of at least 4 members (excludes halogenated alkanes) is 6. The van der Waals surface area contributed by atoms with Crippen molar-refractivity contribution in [1.82, 2.24) is 0 Å². The minimum Gasteiger partial charge on any atom is -0.484 e. The molecular weight excluding hydrogens is 252 g/mol. The molecule has 2 heteroatoms. The first-order valence-corrected chi connectivity index (χ1v) is 8.34. The van der Waals surface area contributed by atoms with Crippen molar-refractivity contribution in [3.8, 4) is 0 Å². The second kappa shape index (κ2) is 12.7. The monoisotopic (exact) mass is 284 g/mol. The summed E-state index contributed by atoms with van der Waals surface area (Å²) in [5.74, 6) is 0.355. The molecule has 0 heterocycles. The molecule has 0 N–H and O–H groups in total. The van der Waals surface area contributed by atoms with E-state index in [4.69, 9.17) is 17.0 Å². The molecule has 0 aromatic rings. The van der Waals surface area contributed by atoms with Crippen LogP contribution in [0.1, 0.15) is 78.6 Å². The fourth-order valence-corrected chi connectivity index (χ4v) is 2.15. The Labute approximate surface area is 125 Å². The Kier molecular flexibility index (Phi) is 12.4. The van der Waals surface area contributed by atoms with Gasteiger partial charge in [0.25, 0.3) is 0 Å². The van der Waals surface area contributed by atoms with Gasteiger partial charge >= 0.3 is 0 Å². The van der Waals surface area contributed by atoms with Crippen LogP contribution >= 0.6 is 12.2 Å². The normalized spacial score (nSPS) is 12.4. The summed E-state index contributed by atoms with van der Waals surface area (Å²) in [5.41, 5.74) is 0. The Hall–Kier alpha value is -0.370. The first-order chi connectivity index (χ1) is 9.11. The molecule has 112 valence electrons. The second-order valence-corrected chi connectivity index (χ2v) is 6.01. The van der Waals surface area contributed by atoms with Gasteiger partial charge < -0.3 is 4.74 Å². The zero-order chi connectivity index (χ0) is 14.5. The lowest BCUT2D eigenvalue weighted by molar-refractivity contribution is 0.165. The molecule has 0 radical (unpaired) electrons. The van der Waals surface area contributed by atoms with Crippen LogP contribution in [0.2, 0.25) is 0 Å². The third kappa shape index (κ3) is 11.2. The maximum atomic E-state index is 5.84. The zero-order valence-electron chi connectivity index (χ0n) is 13.1. The van der Waals surface area contributed by atoms with Gasteiger partial charge in [-0.3, -0.25) is 0 Å². The van der Waals surface area contributed by atoms with Crippen molar-refractivity contribution in [2.45, 2.75) is 84.7 Å². The van der Waals surface area contributed by atoms with Crippen LogP contribution in [0.3, 0.4) is 0 Å². The molecule has 0 spiro atoms. The van der Waals surface area contributed by atoms with Crippen LogP contribution in [0.15, 0.2) is 12.7 Å². The van der Waals surface area contributed by atoms with Crippen molar-refractivity contribution >= 4 is 17.3 Å². The summed E-state index contributed by atoms with van der Waals surface area (Å²) in [4.78, 5) is 0. The summed E-state index contributed by atoms with van der Waals surface area (Å²) >= 11 is 5.25. The minimum absolute atomic E-state index is 0.329. The molecule has 0 aliphatic carbocycles. The summed E-state index contributed by atoms with van der Waals surface area (Å²) in [6.07, 6.45) is 13.7. The highest BCUT2D eigenvalue weighted by Gasteiger charge is 2.11. The maximum absolute atomic E-state index is 5.84. The molecule has 0 saturated heterocycles. The average molecular weight is 285 g/mol. The summed E-state index contributed by atoms with van der Waals surface area (Å²) in [6.45, 7) is 10.1. The number of allylic oxidation sites excluding steroid dienone is 1. The van der Waals surface area contributed by atoms with Crippen LogP contribution in [-0.2, 0) is 4.74 Å². The minimum atomic E-state index is 0.329. The highest BCUT2D eigenvalue weighted by Crippen LogP contribution is 2.15. The van der Waals surface area contributed by atoms with E-state index in [0.717, 1.165) is 17.9 Å². The summed E-state index contributed by atoms with van der Waals surface area (Å²) in [5, 5.41) is 0.774. The van der Waals surface area contributed by atoms with Gasteiger partial charge in [0.2, 0.25) is 0 Å². The van der Waals surface area contributed by atoms with Gasteiger partial charge in [0.05, 0.1) is 6.10 Å². The Balaban J connectivity index is 3.51. The first-order valence-electron chi connectivity index (χ1n) is 7.93. The predicted molar refractivity (Wildman–Crippen MR) is 89.7 cm³/mol. The van der Waals surface area contributed by atoms with E-state index in [1.54, 1.807) is 0 Å². The molecule has 19 heavy (non-hydrogen) atoms. The van der Waals surface area contributed by atoms with Gasteiger partial charge in [-0.15, -0.1) is 6.58 Å². The van der Waals surface area contributed by atoms with Gasteiger partial charge in [-0.05, 0) is 44.3 Å². The Morgan fingerprint density at radius 2 is 1.68 bits per heavy atom. The van der Waals surface area contributed by atoms with Crippen molar-refractivity contribution in [2.75, 3.05) is 0 Å². The third-order valence-corrected chi connectivity index (χ3v) is 3.96. The predicted octanol–water partition coefficient (Wildman–Crippen LogP) is 6.07. The Morgan fingerprint density at radius 1 is 1.11 bits per heavy atom. The highest BCUT2D eigenvalue weighted by molar-refractivity contribution is 7.80. The first kappa shape index (κ1) is 18.6. The van der Waals surface area contributed by atoms with Crippen LogP contribution in [0.25, 0.3) is 0 Å². The molecule has 0 rings (SSSR count). The fraction of sp³-hybridized carbons (Fsp3) is 0.824. The van der Waals surface area contributed by atoms with E-state index in [-0.39, 0.29) is 0 Å². The SMILES string of the molecule is C=CCCCCCCCCC(CC)OC(=S)C(C)C. The van der Waals surface area contributed by atoms with E-state index in [1.807, 2.05) is 6.08 Å². The molecule has 0 aromatic heterocycles. The van der Waals surface area contributed by atoms with Gasteiger partial charge in [0.1, 0.15) is 0 Å². The Bertz CT molecular complexity index is 235. The largest absolute Gasteiger partial charge is 0.484 e. The molecule has 1 unspecified atom stereocenters. The lowest BCUT2D eigenvalue weighted by atomic mass is 10.0. The molecule has 0 aromatic carbocycles. The molecule has 0 bridgehead atoms. The number of hydrogen-bond donors (Lipinski definition) is 0. The summed E-state index contributed by atoms with van der Waals surface area (Å²) < 4.78 is 5.84. The van der Waals surface area contributed by atoms with Crippen LogP contribution in [0.4, 0.5) is 0 Å². The van der Waals surface area contributed by atoms with Gasteiger partial charge in [-0.1, -0.05) is 52.5 Å². The lowest BCUT2D eigenvalue weighted by Gasteiger charge is -2.19. The molecular formula is C17H32OS. The number of ether oxygens (including phenoxy) is 1. The standard InChI is InChI=1S/C17H32OS/c1-5-7-8-9-10-11-12-13-14-16(6-2)18-17(19)15(3)4/h5,15-16H,1,6-14H2,2-4H3. The topological polar surface area (TPSA) is 9.23 Å². The third-order valence-electron chi connectivity index (χ3n) is 3.39. The lowest BCUT2D eigenvalue weighted by Crippen LogP contribution is -2.19. The van der Waals surface area contributed by atoms with Gasteiger partial charge in [-0.2, -0.15) is 0 Å². The molecule has 1 nitrogen and oxygen atoms in total. The van der Waals surface area contributed by atoms with Crippen molar-refractivity contribution in [1.29, 1.82) is 0 Å². The van der Waals surface area contributed by atoms with E-state index < -0.39 is 0 Å². The zero-order valence-corrected chi connectivity index (χ0v) is 13.9. The van der Waals surface area contributed by atoms with E-state index >= 15 is 0 Å². The van der Waals surface area contributed by atoms with E-state index in [0.29, 0.717) is 12.0 Å². The fourth-order valence-electron chi connectivity index (χ4n) is 2.01. The van der Waals surface area contributed by atoms with Crippen LogP contribution in [-0.4, -0.2) is 11.2 Å². The molecule has 0 aliphatic rings. The average Bonchev–Trinajstić information content (AvgIpc) is 2.39. The number of hydrogen-bond acceptors (Lipinski definition) is 2. The number of thiocarbonyl (C=S) groups is 1. The Morgan fingerprint density at radius 3 is 2.21 bits per heavy atom. The van der Waals surface area contributed by atoms with E-state index in [1.165, 1.54) is 44.9 Å². The smallest absolute Gasteiger partial charge is 0.162 e. The molecule has 0 saturated carbocycles. The molecule has 1 atom stereocenters. The highest BCUT2D eigenvalue weighted by atomic mass is 32.1. The molecule has 0 fully saturated rings. The van der Waals surface area contributed by atoms with Crippen molar-refractivity contribution in [3.63, 3.8) is 0 Å². The molecule has 0 amide bonds. The van der Waals surface area contributed by atoms with Crippen molar-refractivity contribution in [2.24, 2.45) is 5.92 Å². The summed E-state index contributed by atoms with van der Waals surface area (Å²) in [7, 11) is 0. The van der Waals surface area contributed by atoms with Crippen LogP contribution < -0.4 is 0 Å².